The van der Waals surface area contributed by atoms with Gasteiger partial charge in [0.2, 0.25) is 0 Å². The molecule has 4 heteroatoms. The second kappa shape index (κ2) is 4.73. The van der Waals surface area contributed by atoms with Crippen molar-refractivity contribution in [3.05, 3.63) is 22.6 Å². The van der Waals surface area contributed by atoms with Crippen LogP contribution in [0.25, 0.3) is 0 Å². The summed E-state index contributed by atoms with van der Waals surface area (Å²) in [5, 5.41) is 9.16. The lowest BCUT2D eigenvalue weighted by atomic mass is 9.89. The van der Waals surface area contributed by atoms with Crippen molar-refractivity contribution in [2.75, 3.05) is 0 Å². The van der Waals surface area contributed by atoms with E-state index in [1.807, 2.05) is 27.7 Å². The van der Waals surface area contributed by atoms with Gasteiger partial charge in [-0.3, -0.25) is 4.79 Å². The minimum absolute atomic E-state index is 0.0202. The molecular weight excluding hydrogens is 220 g/mol. The Morgan fingerprint density at radius 1 is 1.41 bits per heavy atom. The highest BCUT2D eigenvalue weighted by Gasteiger charge is 2.30. The van der Waals surface area contributed by atoms with Crippen molar-refractivity contribution in [2.45, 2.75) is 46.0 Å². The first kappa shape index (κ1) is 13.5. The molecule has 1 rings (SSSR count). The Labute approximate surface area is 101 Å². The van der Waals surface area contributed by atoms with E-state index in [1.165, 1.54) is 0 Å². The summed E-state index contributed by atoms with van der Waals surface area (Å²) in [7, 11) is 0. The number of carboxylic acid groups (broad SMARTS) is 1. The monoisotopic (exact) mass is 238 g/mol. The van der Waals surface area contributed by atoms with E-state index in [0.717, 1.165) is 6.42 Å². The summed E-state index contributed by atoms with van der Waals surface area (Å²) in [5.74, 6) is -0.254. The molecule has 0 amide bonds. The third-order valence-electron chi connectivity index (χ3n) is 2.51. The SMILES string of the molecule is CCCc1oc(C(C)(C)C)c(C=O)c1C(=O)O. The lowest BCUT2D eigenvalue weighted by Gasteiger charge is -2.15. The predicted molar refractivity (Wildman–Crippen MR) is 63.7 cm³/mol. The Morgan fingerprint density at radius 2 is 2.00 bits per heavy atom. The molecule has 0 unspecified atom stereocenters. The normalized spacial score (nSPS) is 11.5. The largest absolute Gasteiger partial charge is 0.478 e. The van der Waals surface area contributed by atoms with Gasteiger partial charge in [0.05, 0.1) is 5.56 Å². The van der Waals surface area contributed by atoms with Crippen LogP contribution in [0.2, 0.25) is 0 Å². The van der Waals surface area contributed by atoms with E-state index in [2.05, 4.69) is 0 Å². The lowest BCUT2D eigenvalue weighted by Crippen LogP contribution is -2.13. The third-order valence-corrected chi connectivity index (χ3v) is 2.51. The van der Waals surface area contributed by atoms with Gasteiger partial charge in [-0.25, -0.2) is 4.79 Å². The lowest BCUT2D eigenvalue weighted by molar-refractivity contribution is 0.0692. The topological polar surface area (TPSA) is 67.5 Å². The standard InChI is InChI=1S/C13H18O4/c1-5-6-9-10(12(15)16)8(7-14)11(17-9)13(2,3)4/h7H,5-6H2,1-4H3,(H,15,16). The molecule has 0 radical (unpaired) electrons. The van der Waals surface area contributed by atoms with Gasteiger partial charge in [-0.05, 0) is 6.42 Å². The van der Waals surface area contributed by atoms with Gasteiger partial charge in [0.25, 0.3) is 0 Å². The van der Waals surface area contributed by atoms with E-state index in [9.17, 15) is 9.59 Å². The van der Waals surface area contributed by atoms with Crippen LogP contribution in [0.3, 0.4) is 0 Å². The highest BCUT2D eigenvalue weighted by molar-refractivity contribution is 5.99. The molecule has 4 nitrogen and oxygen atoms in total. The molecule has 0 saturated heterocycles. The summed E-state index contributed by atoms with van der Waals surface area (Å²) in [6.45, 7) is 7.60. The van der Waals surface area contributed by atoms with Gasteiger partial charge >= 0.3 is 5.97 Å². The molecule has 0 fully saturated rings. The Kier molecular flexibility index (Phi) is 3.76. The fourth-order valence-corrected chi connectivity index (χ4v) is 1.80. The van der Waals surface area contributed by atoms with Crippen LogP contribution < -0.4 is 0 Å². The van der Waals surface area contributed by atoms with Crippen molar-refractivity contribution in [1.82, 2.24) is 0 Å². The molecule has 1 aromatic rings. The zero-order valence-electron chi connectivity index (χ0n) is 10.7. The quantitative estimate of drug-likeness (QED) is 0.818. The van der Waals surface area contributed by atoms with Crippen LogP contribution in [0.1, 0.15) is 66.4 Å². The molecule has 0 aliphatic carbocycles. The van der Waals surface area contributed by atoms with Gasteiger partial charge in [0.1, 0.15) is 17.1 Å². The molecular formula is C13H18O4. The van der Waals surface area contributed by atoms with Crippen molar-refractivity contribution in [2.24, 2.45) is 0 Å². The molecule has 0 aliphatic rings. The summed E-state index contributed by atoms with van der Waals surface area (Å²) < 4.78 is 5.59. The second-order valence-electron chi connectivity index (χ2n) is 5.07. The number of aldehydes is 1. The highest BCUT2D eigenvalue weighted by atomic mass is 16.4. The fraction of sp³-hybridized carbons (Fsp3) is 0.538. The number of carbonyl (C=O) groups is 2. The molecule has 0 aromatic carbocycles. The third kappa shape index (κ3) is 2.57. The maximum absolute atomic E-state index is 11.2. The minimum atomic E-state index is -1.10. The van der Waals surface area contributed by atoms with Gasteiger partial charge < -0.3 is 9.52 Å². The molecule has 0 spiro atoms. The number of hydrogen-bond acceptors (Lipinski definition) is 3. The first-order valence-electron chi connectivity index (χ1n) is 5.67. The number of carbonyl (C=O) groups excluding carboxylic acids is 1. The molecule has 0 bridgehead atoms. The molecule has 94 valence electrons. The molecule has 0 aliphatic heterocycles. The number of furan rings is 1. The number of rotatable bonds is 4. The van der Waals surface area contributed by atoms with Crippen molar-refractivity contribution >= 4 is 12.3 Å². The summed E-state index contributed by atoms with van der Waals surface area (Å²) in [6, 6.07) is 0. The zero-order chi connectivity index (χ0) is 13.2. The van der Waals surface area contributed by atoms with Crippen molar-refractivity contribution < 1.29 is 19.1 Å². The van der Waals surface area contributed by atoms with Gasteiger partial charge in [0, 0.05) is 11.8 Å². The van der Waals surface area contributed by atoms with Gasteiger partial charge in [-0.2, -0.15) is 0 Å². The van der Waals surface area contributed by atoms with Gasteiger partial charge in [-0.15, -0.1) is 0 Å². The molecule has 1 heterocycles. The minimum Gasteiger partial charge on any atom is -0.478 e. The molecule has 17 heavy (non-hydrogen) atoms. The summed E-state index contributed by atoms with van der Waals surface area (Å²) in [6.07, 6.45) is 1.88. The van der Waals surface area contributed by atoms with Crippen LogP contribution in [0.4, 0.5) is 0 Å². The van der Waals surface area contributed by atoms with E-state index in [-0.39, 0.29) is 16.5 Å². The van der Waals surface area contributed by atoms with Gasteiger partial charge in [-0.1, -0.05) is 27.7 Å². The summed E-state index contributed by atoms with van der Waals surface area (Å²) in [4.78, 5) is 22.3. The van der Waals surface area contributed by atoms with Crippen molar-refractivity contribution in [3.8, 4) is 0 Å². The van der Waals surface area contributed by atoms with Crippen LogP contribution in [0, 0.1) is 0 Å². The molecule has 1 aromatic heterocycles. The maximum Gasteiger partial charge on any atom is 0.340 e. The number of hydrogen-bond donors (Lipinski definition) is 1. The summed E-state index contributed by atoms with van der Waals surface area (Å²) >= 11 is 0. The fourth-order valence-electron chi connectivity index (χ4n) is 1.80. The first-order chi connectivity index (χ1) is 7.82. The van der Waals surface area contributed by atoms with E-state index in [0.29, 0.717) is 24.2 Å². The molecule has 1 N–H and O–H groups in total. The van der Waals surface area contributed by atoms with Crippen LogP contribution in [-0.2, 0) is 11.8 Å². The average Bonchev–Trinajstić information content (AvgIpc) is 2.56. The van der Waals surface area contributed by atoms with Crippen LogP contribution in [-0.4, -0.2) is 17.4 Å². The Bertz CT molecular complexity index is 435. The van der Waals surface area contributed by atoms with Crippen LogP contribution in [0.5, 0.6) is 0 Å². The van der Waals surface area contributed by atoms with E-state index < -0.39 is 5.97 Å². The molecule has 0 atom stereocenters. The van der Waals surface area contributed by atoms with Crippen LogP contribution in [0.15, 0.2) is 4.42 Å². The maximum atomic E-state index is 11.2. The van der Waals surface area contributed by atoms with Crippen molar-refractivity contribution in [1.29, 1.82) is 0 Å². The van der Waals surface area contributed by atoms with E-state index in [4.69, 9.17) is 9.52 Å². The first-order valence-corrected chi connectivity index (χ1v) is 5.67. The second-order valence-corrected chi connectivity index (χ2v) is 5.07. The molecule has 0 saturated carbocycles. The van der Waals surface area contributed by atoms with Crippen LogP contribution >= 0.6 is 0 Å². The predicted octanol–water partition coefficient (Wildman–Crippen LogP) is 3.04. The Hall–Kier alpha value is -1.58. The highest BCUT2D eigenvalue weighted by Crippen LogP contribution is 2.32. The van der Waals surface area contributed by atoms with E-state index >= 15 is 0 Å². The van der Waals surface area contributed by atoms with Crippen molar-refractivity contribution in [3.63, 3.8) is 0 Å². The summed E-state index contributed by atoms with van der Waals surface area (Å²) in [5.41, 5.74) is -0.188. The number of aryl methyl sites for hydroxylation is 1. The zero-order valence-corrected chi connectivity index (χ0v) is 10.7. The average molecular weight is 238 g/mol. The number of aromatic carboxylic acids is 1. The van der Waals surface area contributed by atoms with Gasteiger partial charge in [0.15, 0.2) is 6.29 Å². The Balaban J connectivity index is 3.49. The smallest absolute Gasteiger partial charge is 0.340 e. The van der Waals surface area contributed by atoms with E-state index in [1.54, 1.807) is 0 Å². The number of carboxylic acids is 1. The Morgan fingerprint density at radius 3 is 2.35 bits per heavy atom.